The second-order valence-corrected chi connectivity index (χ2v) is 7.89. The molecule has 7 heteroatoms. The quantitative estimate of drug-likeness (QED) is 0.763. The number of nitrogens with zero attached hydrogens (tertiary/aromatic N) is 6. The molecule has 1 saturated carbocycles. The van der Waals surface area contributed by atoms with Crippen molar-refractivity contribution >= 4 is 0 Å². The molecule has 28 heavy (non-hydrogen) atoms. The van der Waals surface area contributed by atoms with Crippen molar-refractivity contribution in [3.8, 4) is 5.75 Å². The number of likely N-dealkylation sites (N-methyl/N-ethyl adjacent to an activating group) is 1. The zero-order chi connectivity index (χ0) is 19.3. The molecular weight excluding hydrogens is 352 g/mol. The maximum absolute atomic E-state index is 5.73. The van der Waals surface area contributed by atoms with Crippen molar-refractivity contribution in [2.75, 3.05) is 39.8 Å². The minimum absolute atomic E-state index is 0.0204. The van der Waals surface area contributed by atoms with Crippen LogP contribution in [0.2, 0.25) is 0 Å². The summed E-state index contributed by atoms with van der Waals surface area (Å²) in [6.07, 6.45) is 6.18. The Hall–Kier alpha value is -1.99. The fraction of sp³-hybridized carbons (Fsp3) is 0.667. The van der Waals surface area contributed by atoms with Gasteiger partial charge in [0.2, 0.25) is 0 Å². The fourth-order valence-electron chi connectivity index (χ4n) is 4.70. The van der Waals surface area contributed by atoms with Crippen LogP contribution in [0, 0.1) is 0 Å². The summed E-state index contributed by atoms with van der Waals surface area (Å²) in [7, 11) is 1.75. The Bertz CT molecular complexity index is 749. The molecule has 0 unspecified atom stereocenters. The highest BCUT2D eigenvalue weighted by molar-refractivity contribution is 5.39. The Labute approximate surface area is 167 Å². The topological polar surface area (TPSA) is 59.3 Å². The zero-order valence-corrected chi connectivity index (χ0v) is 17.1. The van der Waals surface area contributed by atoms with Crippen molar-refractivity contribution in [1.29, 1.82) is 0 Å². The maximum Gasteiger partial charge on any atom is 0.173 e. The molecule has 1 aromatic carbocycles. The predicted octanol–water partition coefficient (Wildman–Crippen LogP) is 2.91. The summed E-state index contributed by atoms with van der Waals surface area (Å²) < 4.78 is 7.84. The predicted molar refractivity (Wildman–Crippen MR) is 108 cm³/mol. The largest absolute Gasteiger partial charge is 0.496 e. The molecule has 1 aliphatic heterocycles. The van der Waals surface area contributed by atoms with Gasteiger partial charge in [-0.2, -0.15) is 0 Å². The van der Waals surface area contributed by atoms with Gasteiger partial charge in [-0.1, -0.05) is 44.4 Å². The summed E-state index contributed by atoms with van der Waals surface area (Å²) in [6, 6.07) is 8.75. The molecule has 1 saturated heterocycles. The zero-order valence-electron chi connectivity index (χ0n) is 17.1. The molecule has 0 radical (unpaired) electrons. The van der Waals surface area contributed by atoms with Gasteiger partial charge in [0.1, 0.15) is 11.8 Å². The molecule has 2 aromatic rings. The molecule has 0 N–H and O–H groups in total. The Kier molecular flexibility index (Phi) is 6.22. The van der Waals surface area contributed by atoms with Crippen LogP contribution in [0.5, 0.6) is 5.75 Å². The van der Waals surface area contributed by atoms with E-state index < -0.39 is 0 Å². The number of rotatable bonds is 6. The fourth-order valence-corrected chi connectivity index (χ4v) is 4.70. The van der Waals surface area contributed by atoms with Crippen molar-refractivity contribution in [2.24, 2.45) is 0 Å². The minimum Gasteiger partial charge on any atom is -0.496 e. The van der Waals surface area contributed by atoms with E-state index in [9.17, 15) is 0 Å². The van der Waals surface area contributed by atoms with Gasteiger partial charge in [0.15, 0.2) is 5.82 Å². The summed E-state index contributed by atoms with van der Waals surface area (Å²) in [5.74, 6) is 1.87. The number of hydrogen-bond donors (Lipinski definition) is 0. The number of para-hydroxylation sites is 1. The number of ether oxygens (including phenoxy) is 1. The average molecular weight is 385 g/mol. The van der Waals surface area contributed by atoms with Crippen molar-refractivity contribution in [2.45, 2.75) is 51.1 Å². The molecule has 1 aromatic heterocycles. The Balaban J connectivity index is 1.71. The maximum atomic E-state index is 5.73. The molecular formula is C21H32N6O. The summed E-state index contributed by atoms with van der Waals surface area (Å²) in [5.41, 5.74) is 1.15. The molecule has 1 aliphatic carbocycles. The van der Waals surface area contributed by atoms with Crippen LogP contribution in [0.25, 0.3) is 0 Å². The monoisotopic (exact) mass is 384 g/mol. The molecule has 4 rings (SSSR count). The SMILES string of the molecule is CCN1CCN([C@@H](c2ccccc2OC)c2nnnn2C2CCCCC2)CC1. The molecule has 2 aliphatic rings. The van der Waals surface area contributed by atoms with E-state index in [2.05, 4.69) is 49.1 Å². The normalized spacial score (nSPS) is 20.9. The van der Waals surface area contributed by atoms with Crippen LogP contribution in [0.1, 0.15) is 62.5 Å². The van der Waals surface area contributed by atoms with E-state index in [1.807, 2.05) is 12.1 Å². The van der Waals surface area contributed by atoms with Gasteiger partial charge in [0.25, 0.3) is 0 Å². The van der Waals surface area contributed by atoms with Gasteiger partial charge in [-0.05, 0) is 35.9 Å². The average Bonchev–Trinajstić information content (AvgIpc) is 3.25. The van der Waals surface area contributed by atoms with Crippen LogP contribution < -0.4 is 4.74 Å². The van der Waals surface area contributed by atoms with Crippen LogP contribution in [0.4, 0.5) is 0 Å². The summed E-state index contributed by atoms with van der Waals surface area (Å²) in [4.78, 5) is 5.02. The number of tetrazole rings is 1. The van der Waals surface area contributed by atoms with Gasteiger partial charge in [0, 0.05) is 31.7 Å². The number of hydrogen-bond acceptors (Lipinski definition) is 6. The molecule has 1 atom stereocenters. The van der Waals surface area contributed by atoms with Gasteiger partial charge < -0.3 is 9.64 Å². The van der Waals surface area contributed by atoms with E-state index in [4.69, 9.17) is 4.74 Å². The van der Waals surface area contributed by atoms with Gasteiger partial charge in [0.05, 0.1) is 13.2 Å². The first kappa shape index (κ1) is 19.3. The third-order valence-corrected chi connectivity index (χ3v) is 6.34. The first-order chi connectivity index (χ1) is 13.8. The molecule has 2 heterocycles. The van der Waals surface area contributed by atoms with Crippen molar-refractivity contribution in [1.82, 2.24) is 30.0 Å². The lowest BCUT2D eigenvalue weighted by Crippen LogP contribution is -2.48. The second-order valence-electron chi connectivity index (χ2n) is 7.89. The van der Waals surface area contributed by atoms with Crippen LogP contribution >= 0.6 is 0 Å². The summed E-state index contributed by atoms with van der Waals surface area (Å²) in [5, 5.41) is 13.1. The molecule has 0 bridgehead atoms. The number of aromatic nitrogens is 4. The van der Waals surface area contributed by atoms with E-state index in [1.165, 1.54) is 32.1 Å². The van der Waals surface area contributed by atoms with Crippen molar-refractivity contribution in [3.05, 3.63) is 35.7 Å². The van der Waals surface area contributed by atoms with Gasteiger partial charge >= 0.3 is 0 Å². The molecule has 2 fully saturated rings. The Morgan fingerprint density at radius 1 is 1.07 bits per heavy atom. The third-order valence-electron chi connectivity index (χ3n) is 6.34. The van der Waals surface area contributed by atoms with Gasteiger partial charge in [-0.3, -0.25) is 4.90 Å². The van der Waals surface area contributed by atoms with E-state index >= 15 is 0 Å². The summed E-state index contributed by atoms with van der Waals surface area (Å²) >= 11 is 0. The number of piperazine rings is 1. The lowest BCUT2D eigenvalue weighted by Gasteiger charge is -2.39. The lowest BCUT2D eigenvalue weighted by atomic mass is 9.95. The van der Waals surface area contributed by atoms with Gasteiger partial charge in [-0.15, -0.1) is 5.10 Å². The van der Waals surface area contributed by atoms with Crippen LogP contribution in [-0.2, 0) is 0 Å². The Morgan fingerprint density at radius 3 is 2.54 bits per heavy atom. The molecule has 0 amide bonds. The lowest BCUT2D eigenvalue weighted by molar-refractivity contribution is 0.106. The number of methoxy groups -OCH3 is 1. The van der Waals surface area contributed by atoms with E-state index in [-0.39, 0.29) is 6.04 Å². The first-order valence-corrected chi connectivity index (χ1v) is 10.7. The summed E-state index contributed by atoms with van der Waals surface area (Å²) in [6.45, 7) is 7.51. The molecule has 0 spiro atoms. The van der Waals surface area contributed by atoms with Crippen LogP contribution in [0.3, 0.4) is 0 Å². The minimum atomic E-state index is 0.0204. The third kappa shape index (κ3) is 3.91. The highest BCUT2D eigenvalue weighted by Crippen LogP contribution is 2.37. The van der Waals surface area contributed by atoms with Crippen molar-refractivity contribution < 1.29 is 4.74 Å². The Morgan fingerprint density at radius 2 is 1.82 bits per heavy atom. The first-order valence-electron chi connectivity index (χ1n) is 10.7. The van der Waals surface area contributed by atoms with Crippen LogP contribution in [-0.4, -0.2) is 69.8 Å². The standard InChI is InChI=1S/C21H32N6O/c1-3-25-13-15-26(16-14-25)20(18-11-7-8-12-19(18)28-2)21-22-23-24-27(21)17-9-5-4-6-10-17/h7-8,11-12,17,20H,3-6,9-10,13-16H2,1-2H3/t20-/m0/s1. The molecule has 152 valence electrons. The molecule has 7 nitrogen and oxygen atoms in total. The highest BCUT2D eigenvalue weighted by Gasteiger charge is 2.34. The van der Waals surface area contributed by atoms with Crippen molar-refractivity contribution in [3.63, 3.8) is 0 Å². The number of benzene rings is 1. The highest BCUT2D eigenvalue weighted by atomic mass is 16.5. The second kappa shape index (κ2) is 9.01. The van der Waals surface area contributed by atoms with E-state index in [0.717, 1.165) is 49.9 Å². The van der Waals surface area contributed by atoms with Crippen LogP contribution in [0.15, 0.2) is 24.3 Å². The van der Waals surface area contributed by atoms with E-state index in [1.54, 1.807) is 7.11 Å². The van der Waals surface area contributed by atoms with E-state index in [0.29, 0.717) is 6.04 Å². The smallest absolute Gasteiger partial charge is 0.173 e. The van der Waals surface area contributed by atoms with Gasteiger partial charge in [-0.25, -0.2) is 4.68 Å².